The zero-order valence-electron chi connectivity index (χ0n) is 20.5. The normalized spacial score (nSPS) is 15.8. The van der Waals surface area contributed by atoms with Gasteiger partial charge < -0.3 is 9.05 Å². The quantitative estimate of drug-likeness (QED) is 0.137. The monoisotopic (exact) mass is 514 g/mol. The van der Waals surface area contributed by atoms with Crippen molar-refractivity contribution in [2.45, 2.75) is 20.3 Å². The highest BCUT2D eigenvalue weighted by molar-refractivity contribution is 7.60. The Kier molecular flexibility index (Phi) is 13.5. The summed E-state index contributed by atoms with van der Waals surface area (Å²) in [5, 5.41) is 5.99. The second kappa shape index (κ2) is 16.4. The molecule has 0 saturated carbocycles. The van der Waals surface area contributed by atoms with E-state index < -0.39 is 15.0 Å². The van der Waals surface area contributed by atoms with E-state index in [4.69, 9.17) is 9.05 Å². The van der Waals surface area contributed by atoms with E-state index in [1.807, 2.05) is 85.0 Å². The van der Waals surface area contributed by atoms with Crippen LogP contribution in [0.3, 0.4) is 0 Å². The van der Waals surface area contributed by atoms with E-state index >= 15 is 0 Å². The number of benzene rings is 2. The van der Waals surface area contributed by atoms with Crippen LogP contribution in [-0.2, 0) is 18.2 Å². The first-order chi connectivity index (χ1) is 17.0. The molecule has 2 atom stereocenters. The summed E-state index contributed by atoms with van der Waals surface area (Å²) in [5.41, 5.74) is 2.12. The summed E-state index contributed by atoms with van der Waals surface area (Å²) < 4.78 is 37.0. The molecule has 2 aromatic carbocycles. The minimum Gasteiger partial charge on any atom is -0.315 e. The third kappa shape index (κ3) is 12.3. The van der Waals surface area contributed by atoms with Gasteiger partial charge in [0.15, 0.2) is 0 Å². The van der Waals surface area contributed by atoms with Crippen molar-refractivity contribution in [1.29, 1.82) is 0 Å². The second-order valence-corrected chi connectivity index (χ2v) is 11.6. The van der Waals surface area contributed by atoms with Crippen LogP contribution in [0.25, 0.3) is 12.2 Å². The van der Waals surface area contributed by atoms with Crippen LogP contribution in [0.5, 0.6) is 0 Å². The lowest BCUT2D eigenvalue weighted by molar-refractivity contribution is 0.329. The lowest BCUT2D eigenvalue weighted by Crippen LogP contribution is -2.19. The summed E-state index contributed by atoms with van der Waals surface area (Å²) >= 11 is 0. The van der Waals surface area contributed by atoms with Crippen LogP contribution < -0.4 is 10.2 Å². The maximum absolute atomic E-state index is 13.0. The van der Waals surface area contributed by atoms with Crippen LogP contribution in [-0.4, -0.2) is 26.3 Å². The van der Waals surface area contributed by atoms with Crippen LogP contribution in [0.1, 0.15) is 31.4 Å². The van der Waals surface area contributed by atoms with Crippen LogP contribution in [0, 0.1) is 0 Å². The van der Waals surface area contributed by atoms with Crippen molar-refractivity contribution in [2.24, 2.45) is 0 Å². The van der Waals surface area contributed by atoms with E-state index in [0.29, 0.717) is 32.7 Å². The van der Waals surface area contributed by atoms with E-state index in [2.05, 4.69) is 10.2 Å². The summed E-state index contributed by atoms with van der Waals surface area (Å²) in [6.07, 6.45) is 11.6. The first-order valence-corrected chi connectivity index (χ1v) is 15.2. The minimum absolute atomic E-state index is 0.329. The predicted octanol–water partition coefficient (Wildman–Crippen LogP) is 7.47. The molecule has 0 radical (unpaired) electrons. The molecule has 2 N–H and O–H groups in total. The van der Waals surface area contributed by atoms with Gasteiger partial charge in [0.05, 0.1) is 13.2 Å². The summed E-state index contributed by atoms with van der Waals surface area (Å²) in [6, 6.07) is 19.8. The summed E-state index contributed by atoms with van der Waals surface area (Å²) in [7, 11) is -6.24. The Balaban J connectivity index is 1.82. The summed E-state index contributed by atoms with van der Waals surface area (Å²) in [5.74, 6) is 3.13. The summed E-state index contributed by atoms with van der Waals surface area (Å²) in [4.78, 5) is 0. The Morgan fingerprint density at radius 2 is 1.06 bits per heavy atom. The highest BCUT2D eigenvalue weighted by Gasteiger charge is 2.19. The van der Waals surface area contributed by atoms with Crippen LogP contribution >= 0.6 is 15.0 Å². The Bertz CT molecular complexity index is 982. The average Bonchev–Trinajstić information content (AvgIpc) is 2.86. The topological polar surface area (TPSA) is 76.7 Å². The van der Waals surface area contributed by atoms with Crippen molar-refractivity contribution in [3.63, 3.8) is 0 Å². The van der Waals surface area contributed by atoms with Crippen molar-refractivity contribution >= 4 is 27.2 Å². The van der Waals surface area contributed by atoms with Gasteiger partial charge >= 0.3 is 0 Å². The molecule has 0 aliphatic rings. The molecular formula is C27H36N2O4P2. The van der Waals surface area contributed by atoms with Crippen LogP contribution in [0.2, 0.25) is 0 Å². The molecule has 6 nitrogen and oxygen atoms in total. The number of allylic oxidation sites excluding steroid dienone is 4. The first-order valence-electron chi connectivity index (χ1n) is 11.8. The fraction of sp³-hybridized carbons (Fsp3) is 0.259. The highest BCUT2D eigenvalue weighted by Crippen LogP contribution is 2.45. The van der Waals surface area contributed by atoms with Gasteiger partial charge in [0.25, 0.3) is 15.0 Å². The average molecular weight is 515 g/mol. The Morgan fingerprint density at radius 1 is 0.657 bits per heavy atom. The third-order valence-corrected chi connectivity index (χ3v) is 8.36. The van der Waals surface area contributed by atoms with E-state index in [9.17, 15) is 9.13 Å². The highest BCUT2D eigenvalue weighted by atomic mass is 31.2. The Labute approximate surface area is 209 Å². The zero-order chi connectivity index (χ0) is 25.2. The molecule has 0 spiro atoms. The molecule has 0 aliphatic carbocycles. The molecule has 2 aromatic rings. The van der Waals surface area contributed by atoms with Gasteiger partial charge in [0, 0.05) is 24.7 Å². The van der Waals surface area contributed by atoms with Gasteiger partial charge in [-0.1, -0.05) is 97.1 Å². The maximum atomic E-state index is 13.0. The molecule has 188 valence electrons. The lowest BCUT2D eigenvalue weighted by Gasteiger charge is -2.17. The van der Waals surface area contributed by atoms with Gasteiger partial charge in [0.1, 0.15) is 0 Å². The van der Waals surface area contributed by atoms with Gasteiger partial charge in [-0.2, -0.15) is 0 Å². The van der Waals surface area contributed by atoms with Gasteiger partial charge in [0.2, 0.25) is 0 Å². The van der Waals surface area contributed by atoms with E-state index in [0.717, 1.165) is 11.1 Å². The standard InChI is InChI=1S/C27H36N2O4P2/c1-3-32-34(30,24-13-11-20-26-16-7-5-8-17-26)28-22-15-23-29-35(31,33-4-2)25-14-12-21-27-18-9-6-10-19-27/h5-14,16-21,24-25H,3-4,15,22-23H2,1-2H3,(H,28,30)(H,29,31)/b20-11+,21-12+,24-13+,25-14+. The lowest BCUT2D eigenvalue weighted by atomic mass is 10.2. The molecule has 0 heterocycles. The molecule has 2 unspecified atom stereocenters. The Morgan fingerprint density at radius 3 is 1.43 bits per heavy atom. The maximum Gasteiger partial charge on any atom is 0.292 e. The largest absolute Gasteiger partial charge is 0.315 e. The molecule has 0 aromatic heterocycles. The van der Waals surface area contributed by atoms with E-state index in [1.165, 1.54) is 0 Å². The SMILES string of the molecule is CCOP(=O)(/C=C/C=C/c1ccccc1)NCCCNP(=O)(/C=C/C=C/c1ccccc1)OCC. The number of hydrogen-bond acceptors (Lipinski definition) is 4. The van der Waals surface area contributed by atoms with Crippen LogP contribution in [0.4, 0.5) is 0 Å². The van der Waals surface area contributed by atoms with Gasteiger partial charge in [-0.05, 0) is 31.4 Å². The van der Waals surface area contributed by atoms with E-state index in [1.54, 1.807) is 37.6 Å². The molecule has 0 aliphatic heterocycles. The van der Waals surface area contributed by atoms with Gasteiger partial charge in [-0.15, -0.1) is 0 Å². The second-order valence-electron chi connectivity index (χ2n) is 7.42. The smallest absolute Gasteiger partial charge is 0.292 e. The number of nitrogens with one attached hydrogen (secondary N) is 2. The molecule has 8 heteroatoms. The van der Waals surface area contributed by atoms with Gasteiger partial charge in [-0.25, -0.2) is 10.2 Å². The molecular weight excluding hydrogens is 478 g/mol. The predicted molar refractivity (Wildman–Crippen MR) is 148 cm³/mol. The van der Waals surface area contributed by atoms with E-state index in [-0.39, 0.29) is 0 Å². The molecule has 0 fully saturated rings. The first kappa shape index (κ1) is 28.9. The molecule has 35 heavy (non-hydrogen) atoms. The summed E-state index contributed by atoms with van der Waals surface area (Å²) in [6.45, 7) is 5.13. The fourth-order valence-corrected chi connectivity index (χ4v) is 5.94. The van der Waals surface area contributed by atoms with Gasteiger partial charge in [-0.3, -0.25) is 9.13 Å². The Hall–Kier alpha value is -2.30. The van der Waals surface area contributed by atoms with Crippen molar-refractivity contribution in [3.8, 4) is 0 Å². The van der Waals surface area contributed by atoms with Crippen molar-refractivity contribution < 1.29 is 18.2 Å². The number of rotatable bonds is 16. The molecule has 0 saturated heterocycles. The fourth-order valence-electron chi connectivity index (χ4n) is 3.01. The van der Waals surface area contributed by atoms with Crippen molar-refractivity contribution in [3.05, 3.63) is 108 Å². The number of hydrogen-bond donors (Lipinski definition) is 2. The van der Waals surface area contributed by atoms with Crippen molar-refractivity contribution in [2.75, 3.05) is 26.3 Å². The molecule has 2 rings (SSSR count). The molecule has 0 bridgehead atoms. The zero-order valence-corrected chi connectivity index (χ0v) is 22.2. The van der Waals surface area contributed by atoms with Crippen LogP contribution in [0.15, 0.2) is 96.6 Å². The van der Waals surface area contributed by atoms with Crippen molar-refractivity contribution in [1.82, 2.24) is 10.2 Å². The molecule has 0 amide bonds. The third-order valence-electron chi connectivity index (χ3n) is 4.62. The minimum atomic E-state index is -3.12.